The summed E-state index contributed by atoms with van der Waals surface area (Å²) in [6.45, 7) is -0.588. The Morgan fingerprint density at radius 3 is 2.88 bits per heavy atom. The van der Waals surface area contributed by atoms with Gasteiger partial charge in [-0.25, -0.2) is 0 Å². The van der Waals surface area contributed by atoms with E-state index >= 15 is 0 Å². The molecular weight excluding hydrogens is 234 g/mol. The maximum absolute atomic E-state index is 11.4. The van der Waals surface area contributed by atoms with E-state index in [0.29, 0.717) is 0 Å². The molecule has 2 heterocycles. The van der Waals surface area contributed by atoms with Crippen molar-refractivity contribution in [1.82, 2.24) is 9.55 Å². The molecule has 17 heavy (non-hydrogen) atoms. The number of Topliss-reactive ketones (excluding diaryl/α,β-unsaturated/α-hetero) is 1. The molecule has 9 nitrogen and oxygen atoms in total. The molecule has 1 aliphatic rings. The number of aliphatic hydroxyl groups excluding tert-OH is 2. The van der Waals surface area contributed by atoms with Crippen LogP contribution in [0.1, 0.15) is 6.23 Å². The standard InChI is InChI=1S/C8H9N3O6/c12-3-4-5(13)6(14)7(17-4)10-2-1-9-8(10)11(15)16/h1-2,4,6-7,12,14H,3H2/t4?,6-,7-/m1/s1. The molecule has 9 heteroatoms. The summed E-state index contributed by atoms with van der Waals surface area (Å²) in [4.78, 5) is 24.7. The Kier molecular flexibility index (Phi) is 2.88. The van der Waals surface area contributed by atoms with Crippen molar-refractivity contribution in [3.63, 3.8) is 0 Å². The lowest BCUT2D eigenvalue weighted by molar-refractivity contribution is -0.398. The normalized spacial score (nSPS) is 28.6. The van der Waals surface area contributed by atoms with Gasteiger partial charge in [0.15, 0.2) is 11.9 Å². The zero-order valence-electron chi connectivity index (χ0n) is 8.46. The fourth-order valence-electron chi connectivity index (χ4n) is 1.64. The van der Waals surface area contributed by atoms with Crippen molar-refractivity contribution < 1.29 is 24.7 Å². The summed E-state index contributed by atoms with van der Waals surface area (Å²) in [5.41, 5.74) is 0. The van der Waals surface area contributed by atoms with Crippen molar-refractivity contribution in [3.8, 4) is 0 Å². The van der Waals surface area contributed by atoms with Gasteiger partial charge in [0, 0.05) is 0 Å². The van der Waals surface area contributed by atoms with Gasteiger partial charge in [0.2, 0.25) is 6.23 Å². The van der Waals surface area contributed by atoms with Gasteiger partial charge in [-0.1, -0.05) is 4.98 Å². The zero-order chi connectivity index (χ0) is 12.6. The SMILES string of the molecule is O=C1C(CO)O[C@@H](n2ccnc2[N+](=O)[O-])[C@@H]1O. The quantitative estimate of drug-likeness (QED) is 0.494. The molecule has 0 bridgehead atoms. The van der Waals surface area contributed by atoms with Crippen LogP contribution in [0.2, 0.25) is 0 Å². The lowest BCUT2D eigenvalue weighted by Crippen LogP contribution is -2.27. The van der Waals surface area contributed by atoms with Crippen LogP contribution in [-0.2, 0) is 9.53 Å². The first kappa shape index (κ1) is 11.6. The van der Waals surface area contributed by atoms with E-state index in [9.17, 15) is 20.0 Å². The summed E-state index contributed by atoms with van der Waals surface area (Å²) in [6.07, 6.45) is -1.58. The van der Waals surface area contributed by atoms with E-state index in [2.05, 4.69) is 4.98 Å². The minimum Gasteiger partial charge on any atom is -0.393 e. The number of carbonyl (C=O) groups excluding carboxylic acids is 1. The average Bonchev–Trinajstić information content (AvgIpc) is 2.86. The van der Waals surface area contributed by atoms with E-state index in [4.69, 9.17) is 9.84 Å². The molecule has 0 aliphatic carbocycles. The highest BCUT2D eigenvalue weighted by atomic mass is 16.6. The lowest BCUT2D eigenvalue weighted by atomic mass is 10.2. The molecule has 1 aliphatic heterocycles. The zero-order valence-corrected chi connectivity index (χ0v) is 8.46. The molecule has 92 valence electrons. The molecule has 0 aromatic carbocycles. The number of imidazole rings is 1. The Hall–Kier alpha value is -1.84. The van der Waals surface area contributed by atoms with Gasteiger partial charge in [0.25, 0.3) is 0 Å². The van der Waals surface area contributed by atoms with Crippen LogP contribution < -0.4 is 0 Å². The van der Waals surface area contributed by atoms with Crippen LogP contribution in [-0.4, -0.2) is 49.3 Å². The van der Waals surface area contributed by atoms with E-state index in [-0.39, 0.29) is 0 Å². The first-order chi connectivity index (χ1) is 8.06. The number of hydrogen-bond acceptors (Lipinski definition) is 7. The van der Waals surface area contributed by atoms with Crippen molar-refractivity contribution in [3.05, 3.63) is 22.5 Å². The van der Waals surface area contributed by atoms with Crippen LogP contribution in [0.25, 0.3) is 0 Å². The highest BCUT2D eigenvalue weighted by molar-refractivity contribution is 5.89. The molecule has 1 saturated heterocycles. The molecule has 0 radical (unpaired) electrons. The largest absolute Gasteiger partial charge is 0.436 e. The lowest BCUT2D eigenvalue weighted by Gasteiger charge is -2.11. The summed E-state index contributed by atoms with van der Waals surface area (Å²) in [7, 11) is 0. The van der Waals surface area contributed by atoms with E-state index in [1.54, 1.807) is 0 Å². The van der Waals surface area contributed by atoms with Gasteiger partial charge in [-0.2, -0.15) is 4.57 Å². The maximum Gasteiger partial charge on any atom is 0.436 e. The number of aliphatic hydroxyl groups is 2. The Morgan fingerprint density at radius 1 is 1.65 bits per heavy atom. The molecule has 0 saturated carbocycles. The van der Waals surface area contributed by atoms with Crippen molar-refractivity contribution in [2.24, 2.45) is 0 Å². The second-order valence-electron chi connectivity index (χ2n) is 3.44. The van der Waals surface area contributed by atoms with Gasteiger partial charge in [-0.05, 0) is 4.92 Å². The number of rotatable bonds is 3. The number of aromatic nitrogens is 2. The molecule has 2 N–H and O–H groups in total. The number of nitro groups is 1. The van der Waals surface area contributed by atoms with Crippen LogP contribution in [0.3, 0.4) is 0 Å². The van der Waals surface area contributed by atoms with Crippen molar-refractivity contribution in [1.29, 1.82) is 0 Å². The topological polar surface area (TPSA) is 128 Å². The number of hydrogen-bond donors (Lipinski definition) is 2. The Morgan fingerprint density at radius 2 is 2.35 bits per heavy atom. The van der Waals surface area contributed by atoms with Gasteiger partial charge >= 0.3 is 5.95 Å². The summed E-state index contributed by atoms with van der Waals surface area (Å²) in [5.74, 6) is -1.25. The van der Waals surface area contributed by atoms with Gasteiger partial charge in [0.05, 0.1) is 6.61 Å². The Bertz CT molecular complexity index is 458. The van der Waals surface area contributed by atoms with E-state index in [0.717, 1.165) is 10.8 Å². The van der Waals surface area contributed by atoms with Crippen LogP contribution in [0, 0.1) is 10.1 Å². The third-order valence-corrected chi connectivity index (χ3v) is 2.43. The Balaban J connectivity index is 2.32. The van der Waals surface area contributed by atoms with Gasteiger partial charge < -0.3 is 25.1 Å². The molecule has 2 rings (SSSR count). The molecule has 1 fully saturated rings. The molecule has 1 unspecified atom stereocenters. The fourth-order valence-corrected chi connectivity index (χ4v) is 1.64. The molecule has 0 spiro atoms. The number of ketones is 1. The summed E-state index contributed by atoms with van der Waals surface area (Å²) >= 11 is 0. The van der Waals surface area contributed by atoms with Gasteiger partial charge in [-0.3, -0.25) is 4.79 Å². The summed E-state index contributed by atoms with van der Waals surface area (Å²) in [6, 6.07) is 0. The third kappa shape index (κ3) is 1.79. The van der Waals surface area contributed by atoms with Gasteiger partial charge in [0.1, 0.15) is 18.5 Å². The second-order valence-corrected chi connectivity index (χ2v) is 3.44. The van der Waals surface area contributed by atoms with Gasteiger partial charge in [-0.15, -0.1) is 0 Å². The predicted molar refractivity (Wildman–Crippen MR) is 50.9 cm³/mol. The fraction of sp³-hybridized carbons (Fsp3) is 0.500. The highest BCUT2D eigenvalue weighted by Crippen LogP contribution is 2.28. The smallest absolute Gasteiger partial charge is 0.393 e. The van der Waals surface area contributed by atoms with E-state index in [1.165, 1.54) is 6.20 Å². The van der Waals surface area contributed by atoms with Crippen LogP contribution >= 0.6 is 0 Å². The number of carbonyl (C=O) groups is 1. The van der Waals surface area contributed by atoms with E-state index < -0.39 is 41.7 Å². The molecule has 3 atom stereocenters. The Labute approximate surface area is 94.4 Å². The summed E-state index contributed by atoms with van der Waals surface area (Å²) < 4.78 is 5.98. The van der Waals surface area contributed by atoms with Crippen LogP contribution in [0.5, 0.6) is 0 Å². The molecule has 1 aromatic rings. The van der Waals surface area contributed by atoms with Crippen molar-refractivity contribution in [2.45, 2.75) is 18.4 Å². The molecule has 0 amide bonds. The minimum atomic E-state index is -1.56. The maximum atomic E-state index is 11.4. The van der Waals surface area contributed by atoms with E-state index in [1.807, 2.05) is 0 Å². The number of nitrogens with zero attached hydrogens (tertiary/aromatic N) is 3. The van der Waals surface area contributed by atoms with Crippen molar-refractivity contribution in [2.75, 3.05) is 6.61 Å². The summed E-state index contributed by atoms with van der Waals surface area (Å²) in [5, 5.41) is 29.0. The first-order valence-electron chi connectivity index (χ1n) is 4.71. The first-order valence-corrected chi connectivity index (χ1v) is 4.71. The molecule has 1 aromatic heterocycles. The number of ether oxygens (including phenoxy) is 1. The molecular formula is C8H9N3O6. The second kappa shape index (κ2) is 4.20. The van der Waals surface area contributed by atoms with Crippen molar-refractivity contribution >= 4 is 11.7 Å². The minimum absolute atomic E-state index is 0.541. The highest BCUT2D eigenvalue weighted by Gasteiger charge is 2.46. The third-order valence-electron chi connectivity index (χ3n) is 2.43. The van der Waals surface area contributed by atoms with Crippen LogP contribution in [0.4, 0.5) is 5.95 Å². The average molecular weight is 243 g/mol. The predicted octanol–water partition coefficient (Wildman–Crippen LogP) is -1.39. The monoisotopic (exact) mass is 243 g/mol. The van der Waals surface area contributed by atoms with Crippen LogP contribution in [0.15, 0.2) is 12.4 Å².